The van der Waals surface area contributed by atoms with Gasteiger partial charge in [0.15, 0.2) is 0 Å². The van der Waals surface area contributed by atoms with Crippen molar-refractivity contribution in [2.24, 2.45) is 5.92 Å². The van der Waals surface area contributed by atoms with Gasteiger partial charge in [-0.1, -0.05) is 79.3 Å². The average molecular weight is 707 g/mol. The van der Waals surface area contributed by atoms with Gasteiger partial charge in [0, 0.05) is 28.7 Å². The number of nitrogens with one attached hydrogen (secondary N) is 1. The number of rotatable bonds is 12. The summed E-state index contributed by atoms with van der Waals surface area (Å²) in [6.07, 6.45) is -4.79. The molecule has 0 aromatic heterocycles. The van der Waals surface area contributed by atoms with Crippen molar-refractivity contribution in [3.8, 4) is 0 Å². The van der Waals surface area contributed by atoms with Crippen molar-refractivity contribution in [1.82, 2.24) is 10.2 Å². The van der Waals surface area contributed by atoms with E-state index in [9.17, 15) is 31.2 Å². The maximum atomic E-state index is 14.2. The van der Waals surface area contributed by atoms with Gasteiger partial charge >= 0.3 is 6.18 Å². The molecule has 3 aromatic carbocycles. The van der Waals surface area contributed by atoms with E-state index in [1.807, 2.05) is 13.8 Å². The molecule has 0 aliphatic carbocycles. The molecule has 45 heavy (non-hydrogen) atoms. The molecular formula is C31H33Cl3F3N3O4S. The van der Waals surface area contributed by atoms with Crippen LogP contribution in [0.1, 0.15) is 43.9 Å². The number of aryl methyl sites for hydroxylation is 1. The standard InChI is InChI=1S/C31H33Cl3F3N3O4S/c1-5-28(30(42)38-16-19(2)3)39(17-23-25(32)7-6-8-26(23)33)29(41)18-40(45(43,44)22-12-9-20(4)10-13-22)21-11-14-27(34)24(15-21)31(35,36)37/h6-15,19,28H,5,16-18H2,1-4H3,(H,38,42)/t28-/m1/s1. The van der Waals surface area contributed by atoms with Gasteiger partial charge in [0.2, 0.25) is 11.8 Å². The van der Waals surface area contributed by atoms with E-state index in [0.717, 1.165) is 22.6 Å². The number of hydrogen-bond acceptors (Lipinski definition) is 4. The minimum Gasteiger partial charge on any atom is -0.354 e. The second kappa shape index (κ2) is 15.1. The highest BCUT2D eigenvalue weighted by Gasteiger charge is 2.37. The first-order valence-corrected chi connectivity index (χ1v) is 16.5. The Morgan fingerprint density at radius 1 is 0.933 bits per heavy atom. The van der Waals surface area contributed by atoms with E-state index in [0.29, 0.717) is 22.5 Å². The molecule has 244 valence electrons. The first-order valence-electron chi connectivity index (χ1n) is 13.9. The topological polar surface area (TPSA) is 86.8 Å². The van der Waals surface area contributed by atoms with Crippen molar-refractivity contribution in [2.75, 3.05) is 17.4 Å². The molecule has 0 aliphatic rings. The number of alkyl halides is 3. The third-order valence-electron chi connectivity index (χ3n) is 6.89. The number of sulfonamides is 1. The highest BCUT2D eigenvalue weighted by molar-refractivity contribution is 7.92. The molecule has 0 spiro atoms. The van der Waals surface area contributed by atoms with E-state index >= 15 is 0 Å². The van der Waals surface area contributed by atoms with E-state index in [2.05, 4.69) is 5.32 Å². The Labute approximate surface area is 276 Å². The number of nitrogens with zero attached hydrogens (tertiary/aromatic N) is 2. The summed E-state index contributed by atoms with van der Waals surface area (Å²) in [5, 5.41) is 2.55. The molecule has 7 nitrogen and oxygen atoms in total. The van der Waals surface area contributed by atoms with Crippen molar-refractivity contribution in [1.29, 1.82) is 0 Å². The van der Waals surface area contributed by atoms with Crippen LogP contribution in [-0.4, -0.2) is 44.3 Å². The van der Waals surface area contributed by atoms with E-state index in [1.54, 1.807) is 32.0 Å². The van der Waals surface area contributed by atoms with Gasteiger partial charge in [-0.15, -0.1) is 0 Å². The van der Waals surface area contributed by atoms with Gasteiger partial charge in [0.05, 0.1) is 21.2 Å². The molecule has 0 saturated heterocycles. The van der Waals surface area contributed by atoms with Crippen LogP contribution in [0.25, 0.3) is 0 Å². The van der Waals surface area contributed by atoms with Crippen LogP contribution < -0.4 is 9.62 Å². The van der Waals surface area contributed by atoms with Crippen molar-refractivity contribution < 1.29 is 31.2 Å². The molecule has 14 heteroatoms. The second-order valence-corrected chi connectivity index (χ2v) is 13.9. The second-order valence-electron chi connectivity index (χ2n) is 10.8. The van der Waals surface area contributed by atoms with Crippen molar-refractivity contribution >= 4 is 62.3 Å². The van der Waals surface area contributed by atoms with Crippen molar-refractivity contribution in [2.45, 2.75) is 57.8 Å². The zero-order chi connectivity index (χ0) is 33.7. The Hall–Kier alpha value is -2.99. The van der Waals surface area contributed by atoms with E-state index < -0.39 is 56.9 Å². The summed E-state index contributed by atoms with van der Waals surface area (Å²) in [7, 11) is -4.62. The molecule has 2 amide bonds. The van der Waals surface area contributed by atoms with E-state index in [-0.39, 0.29) is 33.8 Å². The number of amides is 2. The summed E-state index contributed by atoms with van der Waals surface area (Å²) in [5.74, 6) is -1.28. The number of benzene rings is 3. The van der Waals surface area contributed by atoms with Crippen LogP contribution in [0.4, 0.5) is 18.9 Å². The molecule has 0 bridgehead atoms. The molecule has 0 aliphatic heterocycles. The quantitative estimate of drug-likeness (QED) is 0.209. The van der Waals surface area contributed by atoms with Gasteiger partial charge in [0.25, 0.3) is 10.0 Å². The lowest BCUT2D eigenvalue weighted by molar-refractivity contribution is -0.140. The molecule has 0 heterocycles. The number of carbonyl (C=O) groups excluding carboxylic acids is 2. The lowest BCUT2D eigenvalue weighted by Crippen LogP contribution is -2.52. The maximum absolute atomic E-state index is 14.2. The highest BCUT2D eigenvalue weighted by Crippen LogP contribution is 2.38. The van der Waals surface area contributed by atoms with Crippen LogP contribution in [0.5, 0.6) is 0 Å². The molecule has 0 unspecified atom stereocenters. The van der Waals surface area contributed by atoms with Gasteiger partial charge in [-0.05, 0) is 61.7 Å². The Balaban J connectivity index is 2.18. The number of carbonyl (C=O) groups is 2. The van der Waals surface area contributed by atoms with Crippen LogP contribution >= 0.6 is 34.8 Å². The molecular weight excluding hydrogens is 674 g/mol. The predicted octanol–water partition coefficient (Wildman–Crippen LogP) is 7.75. The smallest absolute Gasteiger partial charge is 0.354 e. The first kappa shape index (κ1) is 36.5. The third kappa shape index (κ3) is 9.06. The average Bonchev–Trinajstić information content (AvgIpc) is 2.96. The normalized spacial score (nSPS) is 12.6. The van der Waals surface area contributed by atoms with Crippen molar-refractivity contribution in [3.05, 3.63) is 92.4 Å². The molecule has 3 aromatic rings. The molecule has 3 rings (SSSR count). The van der Waals surface area contributed by atoms with Crippen molar-refractivity contribution in [3.63, 3.8) is 0 Å². The molecule has 0 fully saturated rings. The monoisotopic (exact) mass is 705 g/mol. The number of anilines is 1. The fourth-order valence-electron chi connectivity index (χ4n) is 4.45. The fraction of sp³-hybridized carbons (Fsp3) is 0.355. The summed E-state index contributed by atoms with van der Waals surface area (Å²) >= 11 is 18.6. The summed E-state index contributed by atoms with van der Waals surface area (Å²) in [6, 6.07) is 11.8. The predicted molar refractivity (Wildman–Crippen MR) is 171 cm³/mol. The van der Waals surface area contributed by atoms with Crippen LogP contribution in [0, 0.1) is 12.8 Å². The van der Waals surface area contributed by atoms with Gasteiger partial charge in [-0.25, -0.2) is 8.42 Å². The van der Waals surface area contributed by atoms with Crippen LogP contribution in [-0.2, 0) is 32.3 Å². The maximum Gasteiger partial charge on any atom is 0.417 e. The molecule has 0 saturated carbocycles. The van der Waals surface area contributed by atoms with Gasteiger partial charge in [-0.3, -0.25) is 13.9 Å². The Kier molecular flexibility index (Phi) is 12.2. The number of halogens is 6. The minimum absolute atomic E-state index is 0.0940. The summed E-state index contributed by atoms with van der Waals surface area (Å²) in [4.78, 5) is 28.4. The Morgan fingerprint density at radius 3 is 2.07 bits per heavy atom. The van der Waals surface area contributed by atoms with Crippen LogP contribution in [0.2, 0.25) is 15.1 Å². The van der Waals surface area contributed by atoms with E-state index in [4.69, 9.17) is 34.8 Å². The Bertz CT molecular complexity index is 1610. The number of hydrogen-bond donors (Lipinski definition) is 1. The SMILES string of the molecule is CC[C@H](C(=O)NCC(C)C)N(Cc1c(Cl)cccc1Cl)C(=O)CN(c1ccc(Cl)c(C(F)(F)F)c1)S(=O)(=O)c1ccc(C)cc1. The summed E-state index contributed by atoms with van der Waals surface area (Å²) in [6.45, 7) is 6.26. The van der Waals surface area contributed by atoms with Crippen LogP contribution in [0.15, 0.2) is 65.6 Å². The first-order chi connectivity index (χ1) is 21.0. The summed E-state index contributed by atoms with van der Waals surface area (Å²) < 4.78 is 70.1. The molecule has 1 atom stereocenters. The highest BCUT2D eigenvalue weighted by atomic mass is 35.5. The zero-order valence-corrected chi connectivity index (χ0v) is 28.0. The van der Waals surface area contributed by atoms with E-state index in [1.165, 1.54) is 24.3 Å². The lowest BCUT2D eigenvalue weighted by atomic mass is 10.1. The van der Waals surface area contributed by atoms with Gasteiger partial charge in [0.1, 0.15) is 12.6 Å². The van der Waals surface area contributed by atoms with Crippen LogP contribution in [0.3, 0.4) is 0 Å². The molecule has 0 radical (unpaired) electrons. The lowest BCUT2D eigenvalue weighted by Gasteiger charge is -2.34. The van der Waals surface area contributed by atoms with Gasteiger partial charge < -0.3 is 10.2 Å². The third-order valence-corrected chi connectivity index (χ3v) is 9.72. The summed E-state index contributed by atoms with van der Waals surface area (Å²) in [5.41, 5.74) is -0.683. The van der Waals surface area contributed by atoms with Gasteiger partial charge in [-0.2, -0.15) is 13.2 Å². The zero-order valence-electron chi connectivity index (χ0n) is 25.0. The molecule has 1 N–H and O–H groups in total. The fourth-order valence-corrected chi connectivity index (χ4v) is 6.60. The largest absolute Gasteiger partial charge is 0.417 e. The Morgan fingerprint density at radius 2 is 1.53 bits per heavy atom. The minimum atomic E-state index is -4.91.